The maximum Gasteiger partial charge on any atom is 0.280 e. The lowest BCUT2D eigenvalue weighted by atomic mass is 9.99. The Morgan fingerprint density at radius 2 is 1.81 bits per heavy atom. The zero-order chi connectivity index (χ0) is 22.6. The van der Waals surface area contributed by atoms with Crippen molar-refractivity contribution >= 4 is 29.0 Å². The maximum atomic E-state index is 14.9. The number of carbonyl (C=O) groups excluding carboxylic acids is 2. The van der Waals surface area contributed by atoms with Gasteiger partial charge in [0, 0.05) is 22.2 Å². The monoisotopic (exact) mass is 440 g/mol. The van der Waals surface area contributed by atoms with Crippen LogP contribution < -0.4 is 10.2 Å². The first-order valence-electron chi connectivity index (χ1n) is 9.97. The van der Waals surface area contributed by atoms with E-state index in [2.05, 4.69) is 14.9 Å². The van der Waals surface area contributed by atoms with Gasteiger partial charge >= 0.3 is 0 Å². The molecule has 0 aliphatic heterocycles. The van der Waals surface area contributed by atoms with Crippen molar-refractivity contribution in [1.82, 2.24) is 14.9 Å². The van der Waals surface area contributed by atoms with Gasteiger partial charge in [0.05, 0.1) is 0 Å². The van der Waals surface area contributed by atoms with Crippen LogP contribution in [-0.2, 0) is 11.2 Å². The minimum Gasteiger partial charge on any atom is -0.349 e. The number of aryl methyl sites for hydroxylation is 1. The number of halogens is 1. The second-order valence-electron chi connectivity index (χ2n) is 8.15. The average Bonchev–Trinajstić information content (AvgIpc) is 3.26. The predicted molar refractivity (Wildman–Crippen MR) is 120 cm³/mol. The van der Waals surface area contributed by atoms with E-state index in [1.54, 1.807) is 24.3 Å². The fraction of sp³-hybridized carbons (Fsp3) is 0.304. The summed E-state index contributed by atoms with van der Waals surface area (Å²) in [5.41, 5.74) is 1.15. The van der Waals surface area contributed by atoms with Crippen molar-refractivity contribution in [2.75, 3.05) is 4.90 Å². The van der Waals surface area contributed by atoms with Gasteiger partial charge in [-0.15, -0.1) is 5.10 Å². The highest BCUT2D eigenvalue weighted by Gasteiger charge is 2.37. The van der Waals surface area contributed by atoms with E-state index < -0.39 is 29.2 Å². The van der Waals surface area contributed by atoms with Crippen molar-refractivity contribution in [3.8, 4) is 0 Å². The normalized spacial score (nSPS) is 12.3. The van der Waals surface area contributed by atoms with Crippen molar-refractivity contribution in [2.45, 2.75) is 45.7 Å². The summed E-state index contributed by atoms with van der Waals surface area (Å²) in [7, 11) is 0. The van der Waals surface area contributed by atoms with Crippen LogP contribution >= 0.6 is 11.5 Å². The van der Waals surface area contributed by atoms with Crippen molar-refractivity contribution in [3.63, 3.8) is 0 Å². The quantitative estimate of drug-likeness (QED) is 0.611. The molecule has 1 unspecified atom stereocenters. The van der Waals surface area contributed by atoms with Crippen LogP contribution in [0.2, 0.25) is 0 Å². The molecule has 0 saturated heterocycles. The van der Waals surface area contributed by atoms with Gasteiger partial charge in [-0.1, -0.05) is 41.7 Å². The zero-order valence-electron chi connectivity index (χ0n) is 17.9. The number of hydrogen-bond donors (Lipinski definition) is 1. The lowest BCUT2D eigenvalue weighted by molar-refractivity contribution is -0.124. The van der Waals surface area contributed by atoms with Crippen LogP contribution in [0.5, 0.6) is 0 Å². The molecule has 6 nitrogen and oxygen atoms in total. The molecule has 3 rings (SSSR count). The van der Waals surface area contributed by atoms with E-state index in [1.165, 1.54) is 22.4 Å². The first-order chi connectivity index (χ1) is 14.7. The van der Waals surface area contributed by atoms with Gasteiger partial charge in [-0.25, -0.2) is 4.39 Å². The van der Waals surface area contributed by atoms with Crippen molar-refractivity contribution in [2.24, 2.45) is 0 Å². The largest absolute Gasteiger partial charge is 0.349 e. The van der Waals surface area contributed by atoms with Crippen molar-refractivity contribution in [3.05, 3.63) is 76.5 Å². The molecule has 2 aromatic carbocycles. The summed E-state index contributed by atoms with van der Waals surface area (Å²) in [5, 5.41) is 8.28. The van der Waals surface area contributed by atoms with Gasteiger partial charge < -0.3 is 5.32 Å². The Hall–Kier alpha value is -3.13. The van der Waals surface area contributed by atoms with Crippen LogP contribution in [0, 0.1) is 5.82 Å². The van der Waals surface area contributed by atoms with Crippen LogP contribution in [0.1, 0.15) is 55.4 Å². The first-order valence-corrected chi connectivity index (χ1v) is 10.8. The Labute approximate surface area is 185 Å². The molecule has 31 heavy (non-hydrogen) atoms. The summed E-state index contributed by atoms with van der Waals surface area (Å²) in [6, 6.07) is 12.0. The highest BCUT2D eigenvalue weighted by Crippen LogP contribution is 2.32. The van der Waals surface area contributed by atoms with E-state index in [0.717, 1.165) is 23.5 Å². The zero-order valence-corrected chi connectivity index (χ0v) is 18.7. The van der Waals surface area contributed by atoms with E-state index in [-0.39, 0.29) is 11.3 Å². The molecule has 1 heterocycles. The Bertz CT molecular complexity index is 1050. The minimum absolute atomic E-state index is 0.0921. The summed E-state index contributed by atoms with van der Waals surface area (Å²) in [6.45, 7) is 7.51. The molecule has 0 spiro atoms. The van der Waals surface area contributed by atoms with Crippen molar-refractivity contribution < 1.29 is 14.0 Å². The third-order valence-electron chi connectivity index (χ3n) is 4.63. The Morgan fingerprint density at radius 3 is 2.35 bits per heavy atom. The number of rotatable bonds is 6. The maximum absolute atomic E-state index is 14.9. The van der Waals surface area contributed by atoms with Crippen LogP contribution in [0.4, 0.5) is 10.1 Å². The molecule has 1 atom stereocenters. The molecule has 1 N–H and O–H groups in total. The number of benzene rings is 2. The Morgan fingerprint density at radius 1 is 1.13 bits per heavy atom. The summed E-state index contributed by atoms with van der Waals surface area (Å²) in [4.78, 5) is 28.2. The third kappa shape index (κ3) is 5.32. The minimum atomic E-state index is -1.23. The fourth-order valence-corrected chi connectivity index (χ4v) is 3.62. The molecule has 0 aliphatic rings. The lowest BCUT2D eigenvalue weighted by Crippen LogP contribution is -2.49. The molecule has 0 aliphatic carbocycles. The molecule has 0 bridgehead atoms. The number of nitrogens with one attached hydrogen (secondary N) is 1. The highest BCUT2D eigenvalue weighted by molar-refractivity contribution is 7.03. The molecule has 162 valence electrons. The van der Waals surface area contributed by atoms with Gasteiger partial charge in [0.2, 0.25) is 5.91 Å². The summed E-state index contributed by atoms with van der Waals surface area (Å²) >= 11 is 1.03. The van der Waals surface area contributed by atoms with Gasteiger partial charge in [0.25, 0.3) is 5.91 Å². The van der Waals surface area contributed by atoms with Gasteiger partial charge in [0.1, 0.15) is 11.9 Å². The van der Waals surface area contributed by atoms with E-state index in [1.807, 2.05) is 39.8 Å². The van der Waals surface area contributed by atoms with Crippen LogP contribution in [-0.4, -0.2) is 26.9 Å². The standard InChI is InChI=1S/C23H25FN4O2S/c1-5-15-10-12-16(13-11-15)28(22(30)19-14-31-27-26-19)20(21(29)25-23(2,3)4)17-8-6-7-9-18(17)24/h6-14,20H,5H2,1-4H3,(H,25,29). The molecule has 1 aromatic heterocycles. The summed E-state index contributed by atoms with van der Waals surface area (Å²) < 4.78 is 18.7. The number of anilines is 1. The first kappa shape index (κ1) is 22.6. The Balaban J connectivity index is 2.19. The predicted octanol–water partition coefficient (Wildman–Crippen LogP) is 4.54. The molecular formula is C23H25FN4O2S. The van der Waals surface area contributed by atoms with Gasteiger partial charge in [-0.3, -0.25) is 14.5 Å². The topological polar surface area (TPSA) is 75.2 Å². The summed E-state index contributed by atoms with van der Waals surface area (Å²) in [5.74, 6) is -1.60. The fourth-order valence-electron chi connectivity index (χ4n) is 3.19. The van der Waals surface area contributed by atoms with E-state index in [9.17, 15) is 14.0 Å². The van der Waals surface area contributed by atoms with E-state index in [4.69, 9.17) is 0 Å². The van der Waals surface area contributed by atoms with Crippen LogP contribution in [0.25, 0.3) is 0 Å². The smallest absolute Gasteiger partial charge is 0.280 e. The van der Waals surface area contributed by atoms with E-state index >= 15 is 0 Å². The lowest BCUT2D eigenvalue weighted by Gasteiger charge is -2.33. The molecule has 0 radical (unpaired) electrons. The number of aromatic nitrogens is 2. The second kappa shape index (κ2) is 9.34. The van der Waals surface area contributed by atoms with Crippen LogP contribution in [0.3, 0.4) is 0 Å². The SMILES string of the molecule is CCc1ccc(N(C(=O)c2csnn2)C(C(=O)NC(C)(C)C)c2ccccc2F)cc1. The van der Waals surface area contributed by atoms with Gasteiger partial charge in [-0.05, 0) is 62.5 Å². The number of nitrogens with zero attached hydrogens (tertiary/aromatic N) is 3. The molecule has 3 aromatic rings. The molecular weight excluding hydrogens is 415 g/mol. The number of amides is 2. The molecule has 0 saturated carbocycles. The molecule has 8 heteroatoms. The highest BCUT2D eigenvalue weighted by atomic mass is 32.1. The van der Waals surface area contributed by atoms with Crippen LogP contribution in [0.15, 0.2) is 53.9 Å². The second-order valence-corrected chi connectivity index (χ2v) is 8.76. The van der Waals surface area contributed by atoms with Gasteiger partial charge in [0.15, 0.2) is 5.69 Å². The van der Waals surface area contributed by atoms with Gasteiger partial charge in [-0.2, -0.15) is 0 Å². The molecule has 2 amide bonds. The average molecular weight is 441 g/mol. The molecule has 0 fully saturated rings. The Kier molecular flexibility index (Phi) is 6.80. The number of hydrogen-bond acceptors (Lipinski definition) is 5. The van der Waals surface area contributed by atoms with Crippen molar-refractivity contribution in [1.29, 1.82) is 0 Å². The number of carbonyl (C=O) groups is 2. The summed E-state index contributed by atoms with van der Waals surface area (Å²) in [6.07, 6.45) is 0.825. The van der Waals surface area contributed by atoms with E-state index in [0.29, 0.717) is 5.69 Å². The third-order valence-corrected chi connectivity index (χ3v) is 5.13.